The van der Waals surface area contributed by atoms with E-state index in [1.807, 2.05) is 18.2 Å². The molecule has 25 heavy (non-hydrogen) atoms. The fourth-order valence-corrected chi connectivity index (χ4v) is 2.75. The third kappa shape index (κ3) is 6.38. The molecule has 0 unspecified atom stereocenters. The van der Waals surface area contributed by atoms with Crippen LogP contribution < -0.4 is 0 Å². The SMILES string of the molecule is C/C(=C/C=C/C(C)=C/C(=O)O)c1ccc(C(C)(C)C)c(C(C)(C)C)c1. The number of rotatable bonds is 4. The topological polar surface area (TPSA) is 37.3 Å². The minimum absolute atomic E-state index is 0.0789. The van der Waals surface area contributed by atoms with Gasteiger partial charge in [0.1, 0.15) is 0 Å². The zero-order valence-corrected chi connectivity index (χ0v) is 16.9. The van der Waals surface area contributed by atoms with E-state index in [1.165, 1.54) is 22.8 Å². The van der Waals surface area contributed by atoms with E-state index < -0.39 is 5.97 Å². The quantitative estimate of drug-likeness (QED) is 0.518. The van der Waals surface area contributed by atoms with Crippen LogP contribution >= 0.6 is 0 Å². The summed E-state index contributed by atoms with van der Waals surface area (Å²) in [5.41, 5.74) is 6.01. The smallest absolute Gasteiger partial charge is 0.328 e. The first-order valence-electron chi connectivity index (χ1n) is 8.74. The summed E-state index contributed by atoms with van der Waals surface area (Å²) < 4.78 is 0. The van der Waals surface area contributed by atoms with Gasteiger partial charge < -0.3 is 5.11 Å². The van der Waals surface area contributed by atoms with Gasteiger partial charge in [0.25, 0.3) is 0 Å². The monoisotopic (exact) mass is 340 g/mol. The first-order valence-corrected chi connectivity index (χ1v) is 8.74. The summed E-state index contributed by atoms with van der Waals surface area (Å²) in [5.74, 6) is -0.921. The van der Waals surface area contributed by atoms with E-state index in [0.29, 0.717) is 0 Å². The van der Waals surface area contributed by atoms with E-state index in [0.717, 1.165) is 11.1 Å². The van der Waals surface area contributed by atoms with Gasteiger partial charge in [0.2, 0.25) is 0 Å². The number of carboxylic acids is 1. The highest BCUT2D eigenvalue weighted by Gasteiger charge is 2.25. The molecule has 1 aromatic rings. The minimum atomic E-state index is -0.921. The molecule has 0 radical (unpaired) electrons. The Labute approximate surface area is 153 Å². The van der Waals surface area contributed by atoms with Crippen molar-refractivity contribution in [1.29, 1.82) is 0 Å². The van der Waals surface area contributed by atoms with E-state index in [-0.39, 0.29) is 10.8 Å². The fraction of sp³-hybridized carbons (Fsp3) is 0.435. The van der Waals surface area contributed by atoms with Crippen LogP contribution in [0, 0.1) is 0 Å². The van der Waals surface area contributed by atoms with Crippen LogP contribution in [-0.2, 0) is 15.6 Å². The number of hydrogen-bond donors (Lipinski definition) is 1. The van der Waals surface area contributed by atoms with Crippen LogP contribution in [0.4, 0.5) is 0 Å². The molecular weight excluding hydrogens is 308 g/mol. The van der Waals surface area contributed by atoms with Crippen LogP contribution in [0.15, 0.2) is 48.1 Å². The number of benzene rings is 1. The first-order chi connectivity index (χ1) is 11.3. The minimum Gasteiger partial charge on any atom is -0.478 e. The van der Waals surface area contributed by atoms with Gasteiger partial charge in [0.05, 0.1) is 0 Å². The molecule has 2 nitrogen and oxygen atoms in total. The Balaban J connectivity index is 3.24. The van der Waals surface area contributed by atoms with Gasteiger partial charge in [-0.15, -0.1) is 0 Å². The standard InChI is InChI=1S/C23H32O2/c1-16(14-21(24)25)10-9-11-17(2)18-12-13-19(22(3,4)5)20(15-18)23(6,7)8/h9-15H,1-8H3,(H,24,25)/b10-9+,16-14+,17-11-. The van der Waals surface area contributed by atoms with E-state index in [1.54, 1.807) is 6.92 Å². The average Bonchev–Trinajstić information content (AvgIpc) is 2.43. The summed E-state index contributed by atoms with van der Waals surface area (Å²) in [5, 5.41) is 8.74. The number of carbonyl (C=O) groups is 1. The van der Waals surface area contributed by atoms with Crippen molar-refractivity contribution in [2.75, 3.05) is 0 Å². The maximum atomic E-state index is 10.6. The molecule has 0 bridgehead atoms. The maximum absolute atomic E-state index is 10.6. The second-order valence-corrected chi connectivity index (χ2v) is 8.70. The molecule has 136 valence electrons. The molecule has 0 aliphatic rings. The summed E-state index contributed by atoms with van der Waals surface area (Å²) in [7, 11) is 0. The van der Waals surface area contributed by atoms with Gasteiger partial charge in [-0.25, -0.2) is 4.79 Å². The maximum Gasteiger partial charge on any atom is 0.328 e. The highest BCUT2D eigenvalue weighted by Crippen LogP contribution is 2.35. The predicted molar refractivity (Wildman–Crippen MR) is 108 cm³/mol. The molecule has 0 fully saturated rings. The van der Waals surface area contributed by atoms with E-state index in [4.69, 9.17) is 5.11 Å². The summed E-state index contributed by atoms with van der Waals surface area (Å²) in [6, 6.07) is 6.71. The number of allylic oxidation sites excluding steroid dienone is 5. The van der Waals surface area contributed by atoms with Crippen LogP contribution in [0.3, 0.4) is 0 Å². The molecule has 1 N–H and O–H groups in total. The second-order valence-electron chi connectivity index (χ2n) is 8.70. The zero-order chi connectivity index (χ0) is 19.4. The van der Waals surface area contributed by atoms with Crippen molar-refractivity contribution in [3.05, 3.63) is 64.8 Å². The van der Waals surface area contributed by atoms with Crippen molar-refractivity contribution in [2.45, 2.75) is 66.2 Å². The molecular formula is C23H32O2. The normalized spacial score (nSPS) is 14.2. The van der Waals surface area contributed by atoms with Crippen LogP contribution in [0.25, 0.3) is 5.57 Å². The van der Waals surface area contributed by atoms with Crippen molar-refractivity contribution in [2.24, 2.45) is 0 Å². The van der Waals surface area contributed by atoms with Gasteiger partial charge >= 0.3 is 5.97 Å². The Bertz CT molecular complexity index is 717. The third-order valence-electron chi connectivity index (χ3n) is 4.15. The lowest BCUT2D eigenvalue weighted by molar-refractivity contribution is -0.131. The molecule has 1 aromatic carbocycles. The van der Waals surface area contributed by atoms with Crippen molar-refractivity contribution < 1.29 is 9.90 Å². The molecule has 0 aromatic heterocycles. The zero-order valence-electron chi connectivity index (χ0n) is 16.9. The lowest BCUT2D eigenvalue weighted by atomic mass is 9.74. The van der Waals surface area contributed by atoms with Gasteiger partial charge in [0.15, 0.2) is 0 Å². The van der Waals surface area contributed by atoms with Crippen LogP contribution in [0.2, 0.25) is 0 Å². The Morgan fingerprint density at radius 1 is 0.960 bits per heavy atom. The van der Waals surface area contributed by atoms with Crippen molar-refractivity contribution in [3.63, 3.8) is 0 Å². The molecule has 0 saturated heterocycles. The number of aliphatic carboxylic acids is 1. The highest BCUT2D eigenvalue weighted by atomic mass is 16.4. The fourth-order valence-electron chi connectivity index (χ4n) is 2.75. The summed E-state index contributed by atoms with van der Waals surface area (Å²) in [6.45, 7) is 17.4. The molecule has 0 aliphatic carbocycles. The third-order valence-corrected chi connectivity index (χ3v) is 4.15. The first kappa shape index (κ1) is 21.0. The van der Waals surface area contributed by atoms with Crippen LogP contribution in [-0.4, -0.2) is 11.1 Å². The van der Waals surface area contributed by atoms with Crippen molar-refractivity contribution in [3.8, 4) is 0 Å². The van der Waals surface area contributed by atoms with Gasteiger partial charge in [-0.3, -0.25) is 0 Å². The van der Waals surface area contributed by atoms with E-state index in [9.17, 15) is 4.79 Å². The Hall–Kier alpha value is -2.09. The Morgan fingerprint density at radius 3 is 2.00 bits per heavy atom. The molecule has 0 spiro atoms. The van der Waals surface area contributed by atoms with Crippen LogP contribution in [0.5, 0.6) is 0 Å². The molecule has 0 saturated carbocycles. The van der Waals surface area contributed by atoms with Gasteiger partial charge in [0, 0.05) is 6.08 Å². The average molecular weight is 341 g/mol. The second kappa shape index (κ2) is 7.86. The van der Waals surface area contributed by atoms with Gasteiger partial charge in [-0.05, 0) is 52.5 Å². The number of hydrogen-bond acceptors (Lipinski definition) is 1. The van der Waals surface area contributed by atoms with Crippen LogP contribution in [0.1, 0.15) is 72.1 Å². The Kier molecular flexibility index (Phi) is 6.59. The summed E-state index contributed by atoms with van der Waals surface area (Å²) in [4.78, 5) is 10.6. The van der Waals surface area contributed by atoms with E-state index in [2.05, 4.69) is 66.7 Å². The van der Waals surface area contributed by atoms with E-state index >= 15 is 0 Å². The molecule has 2 heteroatoms. The van der Waals surface area contributed by atoms with Gasteiger partial charge in [-0.1, -0.05) is 78.0 Å². The largest absolute Gasteiger partial charge is 0.478 e. The summed E-state index contributed by atoms with van der Waals surface area (Å²) >= 11 is 0. The molecule has 0 atom stereocenters. The highest BCUT2D eigenvalue weighted by molar-refractivity contribution is 5.81. The molecule has 0 heterocycles. The van der Waals surface area contributed by atoms with Crippen molar-refractivity contribution in [1.82, 2.24) is 0 Å². The van der Waals surface area contributed by atoms with Crippen molar-refractivity contribution >= 4 is 11.5 Å². The lowest BCUT2D eigenvalue weighted by Crippen LogP contribution is -2.22. The molecule has 0 aliphatic heterocycles. The van der Waals surface area contributed by atoms with Gasteiger partial charge in [-0.2, -0.15) is 0 Å². The predicted octanol–water partition coefficient (Wildman–Crippen LogP) is 6.27. The lowest BCUT2D eigenvalue weighted by Gasteiger charge is -2.30. The molecule has 1 rings (SSSR count). The number of carboxylic acid groups (broad SMARTS) is 1. The summed E-state index contributed by atoms with van der Waals surface area (Å²) in [6.07, 6.45) is 6.94. The molecule has 0 amide bonds. The Morgan fingerprint density at radius 2 is 1.52 bits per heavy atom.